The van der Waals surface area contributed by atoms with E-state index in [9.17, 15) is 22.4 Å². The number of thiophene rings is 1. The number of nitrogens with two attached hydrogens (primary N) is 1. The van der Waals surface area contributed by atoms with E-state index in [1.54, 1.807) is 0 Å². The van der Waals surface area contributed by atoms with Crippen molar-refractivity contribution < 1.29 is 22.4 Å². The summed E-state index contributed by atoms with van der Waals surface area (Å²) in [6.45, 7) is 0.706. The summed E-state index contributed by atoms with van der Waals surface area (Å²) < 4.78 is 41.3. The lowest BCUT2D eigenvalue weighted by atomic mass is 10.1. The van der Waals surface area contributed by atoms with Gasteiger partial charge in [-0.15, -0.1) is 11.3 Å². The van der Waals surface area contributed by atoms with E-state index in [1.165, 1.54) is 22.5 Å². The number of benzene rings is 1. The fraction of sp³-hybridized carbons (Fsp3) is 0.368. The van der Waals surface area contributed by atoms with Crippen LogP contribution in [-0.4, -0.2) is 62.7 Å². The van der Waals surface area contributed by atoms with Crippen molar-refractivity contribution in [1.82, 2.24) is 9.21 Å². The number of halogens is 1. The molecule has 2 amide bonds. The zero-order valence-electron chi connectivity index (χ0n) is 16.6. The van der Waals surface area contributed by atoms with Crippen LogP contribution in [0.5, 0.6) is 0 Å². The molecule has 1 aromatic carbocycles. The topological polar surface area (TPSA) is 113 Å². The number of nitrogens with one attached hydrogen (secondary N) is 1. The number of sulfonamides is 1. The number of carbonyl (C=O) groups excluding carboxylic acids is 2. The third kappa shape index (κ3) is 4.53. The smallest absolute Gasteiger partial charge is 0.259 e. The molecule has 0 aliphatic carbocycles. The molecule has 2 heterocycles. The highest BCUT2D eigenvalue weighted by Gasteiger charge is 2.33. The zero-order chi connectivity index (χ0) is 22.1. The fourth-order valence-corrected chi connectivity index (χ4v) is 6.30. The summed E-state index contributed by atoms with van der Waals surface area (Å²) in [5, 5.41) is 2.39. The largest absolute Gasteiger partial charge is 0.366 e. The lowest BCUT2D eigenvalue weighted by Crippen LogP contribution is -2.44. The molecule has 3 N–H and O–H groups in total. The van der Waals surface area contributed by atoms with Crippen molar-refractivity contribution in [2.45, 2.75) is 23.1 Å². The van der Waals surface area contributed by atoms with Gasteiger partial charge >= 0.3 is 0 Å². The molecule has 0 saturated carbocycles. The molecule has 1 fully saturated rings. The SMILES string of the molecule is CN(C)C1CCN(S(=O)(=O)c2cc(C(N)=O)c(NC(=O)c3ccccc3F)s2)CC1. The molecular weight excluding hydrogens is 431 g/mol. The summed E-state index contributed by atoms with van der Waals surface area (Å²) >= 11 is 0.729. The van der Waals surface area contributed by atoms with Crippen LogP contribution in [0.15, 0.2) is 34.5 Å². The Labute approximate surface area is 178 Å². The summed E-state index contributed by atoms with van der Waals surface area (Å²) in [6, 6.07) is 6.82. The van der Waals surface area contributed by atoms with Gasteiger partial charge in [-0.05, 0) is 45.1 Å². The van der Waals surface area contributed by atoms with Gasteiger partial charge in [-0.1, -0.05) is 12.1 Å². The second kappa shape index (κ2) is 8.80. The molecule has 11 heteroatoms. The monoisotopic (exact) mass is 454 g/mol. The first-order chi connectivity index (χ1) is 14.1. The summed E-state index contributed by atoms with van der Waals surface area (Å²) in [5.41, 5.74) is 5.02. The second-order valence-electron chi connectivity index (χ2n) is 7.21. The third-order valence-corrected chi connectivity index (χ3v) is 8.47. The predicted molar refractivity (Wildman–Crippen MR) is 113 cm³/mol. The quantitative estimate of drug-likeness (QED) is 0.693. The Hall–Kier alpha value is -2.34. The lowest BCUT2D eigenvalue weighted by Gasteiger charge is -2.34. The fourth-order valence-electron chi connectivity index (χ4n) is 3.31. The van der Waals surface area contributed by atoms with E-state index < -0.39 is 27.7 Å². The van der Waals surface area contributed by atoms with Gasteiger partial charge in [0.2, 0.25) is 0 Å². The highest BCUT2D eigenvalue weighted by Crippen LogP contribution is 2.34. The molecule has 0 unspecified atom stereocenters. The van der Waals surface area contributed by atoms with Crippen molar-refractivity contribution in [1.29, 1.82) is 0 Å². The molecule has 0 radical (unpaired) electrons. The van der Waals surface area contributed by atoms with Gasteiger partial charge in [-0.3, -0.25) is 9.59 Å². The summed E-state index contributed by atoms with van der Waals surface area (Å²) in [4.78, 5) is 26.3. The number of hydrogen-bond donors (Lipinski definition) is 2. The van der Waals surface area contributed by atoms with E-state index in [2.05, 4.69) is 10.2 Å². The maximum atomic E-state index is 13.9. The lowest BCUT2D eigenvalue weighted by molar-refractivity contribution is 0.100. The van der Waals surface area contributed by atoms with E-state index >= 15 is 0 Å². The number of hydrogen-bond acceptors (Lipinski definition) is 6. The Morgan fingerprint density at radius 1 is 1.20 bits per heavy atom. The van der Waals surface area contributed by atoms with E-state index in [0.29, 0.717) is 32.0 Å². The molecule has 162 valence electrons. The standard InChI is InChI=1S/C19H23FN4O4S2/c1-23(2)12-7-9-24(10-8-12)30(27,28)16-11-14(17(21)25)19(29-16)22-18(26)13-5-3-4-6-15(13)20/h3-6,11-12H,7-10H2,1-2H3,(H2,21,25)(H,22,26). The number of piperidine rings is 1. The maximum absolute atomic E-state index is 13.9. The molecule has 3 rings (SSSR count). The molecule has 0 spiro atoms. The van der Waals surface area contributed by atoms with Crippen molar-refractivity contribution >= 4 is 38.2 Å². The molecular formula is C19H23FN4O4S2. The Kier molecular flexibility index (Phi) is 6.56. The number of nitrogens with zero attached hydrogens (tertiary/aromatic N) is 2. The Morgan fingerprint density at radius 3 is 2.40 bits per heavy atom. The van der Waals surface area contributed by atoms with Crippen LogP contribution in [-0.2, 0) is 10.0 Å². The van der Waals surface area contributed by atoms with Gasteiger partial charge in [0.25, 0.3) is 21.8 Å². The average molecular weight is 455 g/mol. The summed E-state index contributed by atoms with van der Waals surface area (Å²) in [6.07, 6.45) is 1.38. The van der Waals surface area contributed by atoms with Crippen molar-refractivity contribution in [3.63, 3.8) is 0 Å². The first-order valence-electron chi connectivity index (χ1n) is 9.27. The van der Waals surface area contributed by atoms with E-state index in [0.717, 1.165) is 23.5 Å². The van der Waals surface area contributed by atoms with Crippen molar-refractivity contribution in [3.8, 4) is 0 Å². The Balaban J connectivity index is 1.86. The minimum absolute atomic E-state index is 0.0301. The Morgan fingerprint density at radius 2 is 1.83 bits per heavy atom. The summed E-state index contributed by atoms with van der Waals surface area (Å²) in [7, 11) is 0.0575. The van der Waals surface area contributed by atoms with Gasteiger partial charge < -0.3 is 16.0 Å². The van der Waals surface area contributed by atoms with Gasteiger partial charge in [0, 0.05) is 19.1 Å². The number of carbonyl (C=O) groups is 2. The van der Waals surface area contributed by atoms with Crippen LogP contribution in [0.2, 0.25) is 0 Å². The predicted octanol–water partition coefficient (Wildman–Crippen LogP) is 1.95. The second-order valence-corrected chi connectivity index (χ2v) is 10.4. The molecule has 30 heavy (non-hydrogen) atoms. The number of anilines is 1. The molecule has 2 aromatic rings. The van der Waals surface area contributed by atoms with Crippen LogP contribution in [0, 0.1) is 5.82 Å². The van der Waals surface area contributed by atoms with Crippen LogP contribution in [0.1, 0.15) is 33.6 Å². The minimum Gasteiger partial charge on any atom is -0.366 e. The van der Waals surface area contributed by atoms with Gasteiger partial charge in [0.15, 0.2) is 0 Å². The number of amides is 2. The van der Waals surface area contributed by atoms with Crippen molar-refractivity contribution in [3.05, 3.63) is 47.3 Å². The maximum Gasteiger partial charge on any atom is 0.259 e. The first kappa shape index (κ1) is 22.3. The normalized spacial score (nSPS) is 16.0. The van der Waals surface area contributed by atoms with E-state index in [1.807, 2.05) is 14.1 Å². The molecule has 1 aliphatic rings. The number of rotatable bonds is 6. The average Bonchev–Trinajstić information content (AvgIpc) is 3.13. The van der Waals surface area contributed by atoms with E-state index in [-0.39, 0.29) is 20.3 Å². The van der Waals surface area contributed by atoms with Crippen LogP contribution in [0.4, 0.5) is 9.39 Å². The van der Waals surface area contributed by atoms with Crippen molar-refractivity contribution in [2.24, 2.45) is 5.73 Å². The first-order valence-corrected chi connectivity index (χ1v) is 11.5. The van der Waals surface area contributed by atoms with Gasteiger partial charge in [0.05, 0.1) is 11.1 Å². The van der Waals surface area contributed by atoms with Crippen molar-refractivity contribution in [2.75, 3.05) is 32.5 Å². The highest BCUT2D eigenvalue weighted by atomic mass is 32.2. The zero-order valence-corrected chi connectivity index (χ0v) is 18.2. The van der Waals surface area contributed by atoms with E-state index in [4.69, 9.17) is 5.73 Å². The van der Waals surface area contributed by atoms with Gasteiger partial charge in [-0.2, -0.15) is 4.31 Å². The minimum atomic E-state index is -3.85. The molecule has 0 bridgehead atoms. The molecule has 0 atom stereocenters. The van der Waals surface area contributed by atoms with Crippen LogP contribution in [0.3, 0.4) is 0 Å². The van der Waals surface area contributed by atoms with Crippen LogP contribution >= 0.6 is 11.3 Å². The van der Waals surface area contributed by atoms with Crippen LogP contribution in [0.25, 0.3) is 0 Å². The highest BCUT2D eigenvalue weighted by molar-refractivity contribution is 7.91. The van der Waals surface area contributed by atoms with Gasteiger partial charge in [-0.25, -0.2) is 12.8 Å². The molecule has 1 saturated heterocycles. The molecule has 1 aromatic heterocycles. The Bertz CT molecular complexity index is 1060. The third-order valence-electron chi connectivity index (χ3n) is 5.07. The van der Waals surface area contributed by atoms with Gasteiger partial charge in [0.1, 0.15) is 15.0 Å². The molecule has 1 aliphatic heterocycles. The number of primary amides is 1. The molecule has 8 nitrogen and oxygen atoms in total. The van der Waals surface area contributed by atoms with Crippen LogP contribution < -0.4 is 11.1 Å². The summed E-state index contributed by atoms with van der Waals surface area (Å²) in [5.74, 6) is -2.42.